The van der Waals surface area contributed by atoms with Gasteiger partial charge in [0.25, 0.3) is 0 Å². The fourth-order valence-electron chi connectivity index (χ4n) is 3.89. The summed E-state index contributed by atoms with van der Waals surface area (Å²) in [5.41, 5.74) is 1.96. The van der Waals surface area contributed by atoms with Gasteiger partial charge in [-0.3, -0.25) is 14.9 Å². The van der Waals surface area contributed by atoms with Crippen LogP contribution in [0.3, 0.4) is 0 Å². The van der Waals surface area contributed by atoms with Gasteiger partial charge >= 0.3 is 12.1 Å². The number of methoxy groups -OCH3 is 1. The van der Waals surface area contributed by atoms with E-state index in [1.807, 2.05) is 30.3 Å². The molecule has 10 nitrogen and oxygen atoms in total. The molecule has 0 heterocycles. The molecule has 0 saturated carbocycles. The molecule has 2 aromatic carbocycles. The van der Waals surface area contributed by atoms with Crippen LogP contribution < -0.4 is 15.4 Å². The quantitative estimate of drug-likeness (QED) is 0.232. The highest BCUT2D eigenvalue weighted by molar-refractivity contribution is 7.91. The minimum atomic E-state index is -3.70. The third-order valence-electron chi connectivity index (χ3n) is 5.86. The molecule has 1 atom stereocenters. The van der Waals surface area contributed by atoms with E-state index in [-0.39, 0.29) is 17.3 Å². The standard InChI is InChI=1S/C28H38N2O8S/c1-20-16-25(17-21(2)26(20)39(34,35)19-30-22(3)27(32)36-4)37-15-9-13-24(31)12-8-14-29-28(33)38-18-23-10-6-5-7-11-23/h5-7,10-11,16-17,22,30H,8-9,12-15,18-19H2,1-4H3,(H,29,33). The summed E-state index contributed by atoms with van der Waals surface area (Å²) in [7, 11) is -2.46. The van der Waals surface area contributed by atoms with Gasteiger partial charge in [0, 0.05) is 19.4 Å². The largest absolute Gasteiger partial charge is 0.494 e. The third-order valence-corrected chi connectivity index (χ3v) is 7.67. The lowest BCUT2D eigenvalue weighted by molar-refractivity contribution is -0.142. The molecule has 0 fully saturated rings. The first-order chi connectivity index (χ1) is 18.5. The molecule has 0 bridgehead atoms. The molecule has 2 rings (SSSR count). The van der Waals surface area contributed by atoms with Crippen molar-refractivity contribution in [3.63, 3.8) is 0 Å². The van der Waals surface area contributed by atoms with Crippen LogP contribution >= 0.6 is 0 Å². The predicted molar refractivity (Wildman–Crippen MR) is 146 cm³/mol. The molecule has 0 aromatic heterocycles. The molecule has 11 heteroatoms. The average molecular weight is 563 g/mol. The van der Waals surface area contributed by atoms with Gasteiger partial charge in [-0.25, -0.2) is 13.2 Å². The van der Waals surface area contributed by atoms with Crippen LogP contribution in [0.4, 0.5) is 4.79 Å². The van der Waals surface area contributed by atoms with E-state index in [2.05, 4.69) is 15.4 Å². The number of hydrogen-bond donors (Lipinski definition) is 2. The number of alkyl carbamates (subject to hydrolysis) is 1. The van der Waals surface area contributed by atoms with Crippen molar-refractivity contribution in [3.8, 4) is 5.75 Å². The van der Waals surface area contributed by atoms with Crippen molar-refractivity contribution in [1.29, 1.82) is 0 Å². The van der Waals surface area contributed by atoms with Crippen molar-refractivity contribution in [1.82, 2.24) is 10.6 Å². The Bertz CT molecular complexity index is 1190. The van der Waals surface area contributed by atoms with Crippen LogP contribution in [0.1, 0.15) is 49.3 Å². The number of carbonyl (C=O) groups excluding carboxylic acids is 3. The normalized spacial score (nSPS) is 11.9. The molecule has 0 spiro atoms. The molecule has 0 saturated heterocycles. The lowest BCUT2D eigenvalue weighted by Crippen LogP contribution is -2.38. The summed E-state index contributed by atoms with van der Waals surface area (Å²) >= 11 is 0. The molecule has 214 valence electrons. The van der Waals surface area contributed by atoms with Gasteiger partial charge < -0.3 is 19.5 Å². The Balaban J connectivity index is 1.69. The van der Waals surface area contributed by atoms with Crippen molar-refractivity contribution in [2.45, 2.75) is 64.0 Å². The maximum absolute atomic E-state index is 12.8. The SMILES string of the molecule is COC(=O)C(C)NCS(=O)(=O)c1c(C)cc(OCCCC(=O)CCCNC(=O)OCc2ccccc2)cc1C. The van der Waals surface area contributed by atoms with Gasteiger partial charge in [-0.2, -0.15) is 0 Å². The summed E-state index contributed by atoms with van der Waals surface area (Å²) in [4.78, 5) is 35.6. The van der Waals surface area contributed by atoms with Gasteiger partial charge in [-0.05, 0) is 62.4 Å². The monoisotopic (exact) mass is 562 g/mol. The second-order valence-corrected chi connectivity index (χ2v) is 11.1. The van der Waals surface area contributed by atoms with E-state index >= 15 is 0 Å². The number of aryl methyl sites for hydroxylation is 2. The first-order valence-electron chi connectivity index (χ1n) is 12.8. The average Bonchev–Trinajstić information content (AvgIpc) is 2.90. The summed E-state index contributed by atoms with van der Waals surface area (Å²) < 4.78 is 41.2. The lowest BCUT2D eigenvalue weighted by atomic mass is 10.1. The number of esters is 1. The van der Waals surface area contributed by atoms with Gasteiger partial charge in [0.2, 0.25) is 0 Å². The zero-order valence-corrected chi connectivity index (χ0v) is 23.8. The van der Waals surface area contributed by atoms with E-state index in [4.69, 9.17) is 9.47 Å². The number of Topliss-reactive ketones (excluding diaryl/α,β-unsaturated/α-hetero) is 1. The van der Waals surface area contributed by atoms with Crippen LogP contribution in [-0.2, 0) is 35.5 Å². The second kappa shape index (κ2) is 15.8. The number of benzene rings is 2. The fourth-order valence-corrected chi connectivity index (χ4v) is 5.60. The van der Waals surface area contributed by atoms with E-state index in [0.29, 0.717) is 55.7 Å². The van der Waals surface area contributed by atoms with Crippen molar-refractivity contribution in [2.75, 3.05) is 26.1 Å². The molecule has 39 heavy (non-hydrogen) atoms. The van der Waals surface area contributed by atoms with Gasteiger partial charge in [0.05, 0.1) is 18.6 Å². The number of rotatable bonds is 16. The Hall–Kier alpha value is -3.44. The van der Waals surface area contributed by atoms with E-state index < -0.39 is 33.8 Å². The number of hydrogen-bond acceptors (Lipinski definition) is 9. The van der Waals surface area contributed by atoms with Gasteiger partial charge in [0.1, 0.15) is 30.1 Å². The smallest absolute Gasteiger partial charge is 0.407 e. The Morgan fingerprint density at radius 1 is 0.974 bits per heavy atom. The Kier molecular flexibility index (Phi) is 12.9. The number of amides is 1. The molecule has 0 aliphatic rings. The summed E-state index contributed by atoms with van der Waals surface area (Å²) in [5, 5.41) is 5.31. The number of nitrogens with one attached hydrogen (secondary N) is 2. The predicted octanol–water partition coefficient (Wildman–Crippen LogP) is 3.62. The van der Waals surface area contributed by atoms with E-state index in [1.165, 1.54) is 14.0 Å². The molecule has 0 radical (unpaired) electrons. The maximum Gasteiger partial charge on any atom is 0.407 e. The van der Waals surface area contributed by atoms with Crippen LogP contribution in [0.15, 0.2) is 47.4 Å². The highest BCUT2D eigenvalue weighted by Gasteiger charge is 2.23. The van der Waals surface area contributed by atoms with Crippen molar-refractivity contribution >= 4 is 27.7 Å². The van der Waals surface area contributed by atoms with Crippen molar-refractivity contribution in [3.05, 3.63) is 59.2 Å². The minimum Gasteiger partial charge on any atom is -0.494 e. The van der Waals surface area contributed by atoms with Crippen LogP contribution in [-0.4, -0.2) is 58.4 Å². The number of sulfone groups is 1. The van der Waals surface area contributed by atoms with Gasteiger partial charge in [-0.1, -0.05) is 30.3 Å². The number of ether oxygens (including phenoxy) is 3. The Labute approximate surface area is 230 Å². The topological polar surface area (TPSA) is 137 Å². The van der Waals surface area contributed by atoms with Crippen molar-refractivity contribution < 1.29 is 37.0 Å². The third kappa shape index (κ3) is 11.1. The molecule has 2 N–H and O–H groups in total. The van der Waals surface area contributed by atoms with Crippen LogP contribution in [0.2, 0.25) is 0 Å². The summed E-state index contributed by atoms with van der Waals surface area (Å²) in [5.74, 6) is -0.361. The van der Waals surface area contributed by atoms with Crippen LogP contribution in [0.25, 0.3) is 0 Å². The Morgan fingerprint density at radius 2 is 1.62 bits per heavy atom. The molecular formula is C28H38N2O8S. The fraction of sp³-hybridized carbons (Fsp3) is 0.464. The first kappa shape index (κ1) is 31.8. The number of ketones is 1. The van der Waals surface area contributed by atoms with E-state index in [9.17, 15) is 22.8 Å². The van der Waals surface area contributed by atoms with E-state index in [0.717, 1.165) is 5.56 Å². The summed E-state index contributed by atoms with van der Waals surface area (Å²) in [6, 6.07) is 11.9. The van der Waals surface area contributed by atoms with Crippen LogP contribution in [0, 0.1) is 13.8 Å². The van der Waals surface area contributed by atoms with E-state index in [1.54, 1.807) is 26.0 Å². The molecule has 0 aliphatic carbocycles. The number of carbonyl (C=O) groups is 3. The highest BCUT2D eigenvalue weighted by atomic mass is 32.2. The summed E-state index contributed by atoms with van der Waals surface area (Å²) in [6.07, 6.45) is 1.19. The maximum atomic E-state index is 12.8. The van der Waals surface area contributed by atoms with Crippen molar-refractivity contribution in [2.24, 2.45) is 0 Å². The first-order valence-corrected chi connectivity index (χ1v) is 14.4. The molecule has 1 unspecified atom stereocenters. The lowest BCUT2D eigenvalue weighted by Gasteiger charge is -2.16. The van der Waals surface area contributed by atoms with Crippen LogP contribution in [0.5, 0.6) is 5.75 Å². The minimum absolute atomic E-state index is 0.0699. The zero-order valence-electron chi connectivity index (χ0n) is 22.9. The summed E-state index contributed by atoms with van der Waals surface area (Å²) in [6.45, 7) is 5.75. The second-order valence-electron chi connectivity index (χ2n) is 9.18. The molecule has 2 aromatic rings. The molecule has 0 aliphatic heterocycles. The van der Waals surface area contributed by atoms with Gasteiger partial charge in [0.15, 0.2) is 9.84 Å². The van der Waals surface area contributed by atoms with Gasteiger partial charge in [-0.15, -0.1) is 0 Å². The zero-order chi connectivity index (χ0) is 28.8. The highest BCUT2D eigenvalue weighted by Crippen LogP contribution is 2.26. The molecule has 1 amide bonds. The molecular weight excluding hydrogens is 524 g/mol. The Morgan fingerprint density at radius 3 is 2.26 bits per heavy atom.